The summed E-state index contributed by atoms with van der Waals surface area (Å²) in [5.41, 5.74) is 2.91. The van der Waals surface area contributed by atoms with Crippen LogP contribution in [0.15, 0.2) is 37.1 Å². The lowest BCUT2D eigenvalue weighted by atomic mass is 10.0. The van der Waals surface area contributed by atoms with E-state index in [4.69, 9.17) is 0 Å². The first kappa shape index (κ1) is 17.5. The molecule has 3 rings (SSSR count). The predicted octanol–water partition coefficient (Wildman–Crippen LogP) is 4.02. The molecule has 0 unspecified atom stereocenters. The number of allylic oxidation sites excluding steroid dienone is 1. The van der Waals surface area contributed by atoms with E-state index >= 15 is 0 Å². The maximum absolute atomic E-state index is 12.6. The van der Waals surface area contributed by atoms with E-state index in [-0.39, 0.29) is 0 Å². The minimum Gasteiger partial charge on any atom is -0.349 e. The fraction of sp³-hybridized carbons (Fsp3) is 0.429. The smallest absolute Gasteiger partial charge is 0.292 e. The van der Waals surface area contributed by atoms with Gasteiger partial charge in [0, 0.05) is 24.7 Å². The second kappa shape index (κ2) is 8.15. The second-order valence-corrected chi connectivity index (χ2v) is 6.73. The van der Waals surface area contributed by atoms with Gasteiger partial charge in [0.1, 0.15) is 0 Å². The van der Waals surface area contributed by atoms with Crippen molar-refractivity contribution in [1.29, 1.82) is 0 Å². The van der Waals surface area contributed by atoms with Crippen molar-refractivity contribution in [2.24, 2.45) is 0 Å². The SMILES string of the molecule is C=CCCCCCCNC(=O)C(=O)c1cn2c3c(cccc13)CCC2. The van der Waals surface area contributed by atoms with Gasteiger partial charge in [-0.2, -0.15) is 0 Å². The summed E-state index contributed by atoms with van der Waals surface area (Å²) in [5, 5.41) is 3.68. The fourth-order valence-corrected chi connectivity index (χ4v) is 3.61. The van der Waals surface area contributed by atoms with Crippen LogP contribution in [-0.2, 0) is 17.8 Å². The molecule has 25 heavy (non-hydrogen) atoms. The second-order valence-electron chi connectivity index (χ2n) is 6.73. The molecule has 4 heteroatoms. The Morgan fingerprint density at radius 3 is 2.88 bits per heavy atom. The Balaban J connectivity index is 1.60. The fourth-order valence-electron chi connectivity index (χ4n) is 3.61. The van der Waals surface area contributed by atoms with E-state index in [1.54, 1.807) is 0 Å². The third-order valence-electron chi connectivity index (χ3n) is 4.90. The minimum absolute atomic E-state index is 0.422. The number of ketones is 1. The van der Waals surface area contributed by atoms with E-state index in [0.29, 0.717) is 12.1 Å². The number of hydrogen-bond acceptors (Lipinski definition) is 2. The number of hydrogen-bond donors (Lipinski definition) is 1. The number of aryl methyl sites for hydroxylation is 2. The third kappa shape index (κ3) is 3.84. The Morgan fingerprint density at radius 2 is 2.04 bits per heavy atom. The van der Waals surface area contributed by atoms with Crippen LogP contribution in [0.1, 0.15) is 54.4 Å². The Kier molecular flexibility index (Phi) is 5.69. The average Bonchev–Trinajstić information content (AvgIpc) is 3.01. The molecule has 2 aromatic rings. The van der Waals surface area contributed by atoms with Crippen LogP contribution in [0.2, 0.25) is 0 Å². The van der Waals surface area contributed by atoms with Gasteiger partial charge in [-0.15, -0.1) is 6.58 Å². The maximum Gasteiger partial charge on any atom is 0.292 e. The maximum atomic E-state index is 12.6. The standard InChI is InChI=1S/C21H26N2O2/c1-2-3-4-5-6-7-13-22-21(25)20(24)18-15-23-14-9-11-16-10-8-12-17(18)19(16)23/h2,8,10,12,15H,1,3-7,9,11,13-14H2,(H,22,25). The normalized spacial score (nSPS) is 13.0. The molecule has 1 N–H and O–H groups in total. The Hall–Kier alpha value is -2.36. The highest BCUT2D eigenvalue weighted by molar-refractivity contribution is 6.45. The minimum atomic E-state index is -0.491. The van der Waals surface area contributed by atoms with Gasteiger partial charge < -0.3 is 9.88 Å². The molecule has 0 aliphatic carbocycles. The van der Waals surface area contributed by atoms with Crippen molar-refractivity contribution in [2.75, 3.05) is 6.54 Å². The largest absolute Gasteiger partial charge is 0.349 e. The van der Waals surface area contributed by atoms with E-state index in [2.05, 4.69) is 22.5 Å². The van der Waals surface area contributed by atoms with Crippen molar-refractivity contribution in [3.8, 4) is 0 Å². The monoisotopic (exact) mass is 338 g/mol. The third-order valence-corrected chi connectivity index (χ3v) is 4.90. The van der Waals surface area contributed by atoms with Gasteiger partial charge in [0.2, 0.25) is 0 Å². The molecule has 1 aromatic carbocycles. The van der Waals surface area contributed by atoms with Crippen LogP contribution in [0.5, 0.6) is 0 Å². The van der Waals surface area contributed by atoms with E-state index in [1.165, 1.54) is 5.56 Å². The van der Waals surface area contributed by atoms with Gasteiger partial charge in [-0.1, -0.05) is 37.1 Å². The molecule has 0 bridgehead atoms. The van der Waals surface area contributed by atoms with Crippen LogP contribution in [0.4, 0.5) is 0 Å². The summed E-state index contributed by atoms with van der Waals surface area (Å²) in [6, 6.07) is 6.03. The van der Waals surface area contributed by atoms with Crippen LogP contribution in [0.3, 0.4) is 0 Å². The summed E-state index contributed by atoms with van der Waals surface area (Å²) in [4.78, 5) is 24.8. The first-order valence-corrected chi connectivity index (χ1v) is 9.26. The highest BCUT2D eigenvalue weighted by atomic mass is 16.2. The summed E-state index contributed by atoms with van der Waals surface area (Å²) < 4.78 is 2.12. The van der Waals surface area contributed by atoms with Gasteiger partial charge in [-0.25, -0.2) is 0 Å². The van der Waals surface area contributed by atoms with E-state index < -0.39 is 11.7 Å². The number of carbonyl (C=O) groups is 2. The number of carbonyl (C=O) groups excluding carboxylic acids is 2. The topological polar surface area (TPSA) is 51.1 Å². The number of rotatable bonds is 9. The van der Waals surface area contributed by atoms with Crippen LogP contribution in [-0.4, -0.2) is 22.8 Å². The van der Waals surface area contributed by atoms with Crippen molar-refractivity contribution in [3.63, 3.8) is 0 Å². The number of nitrogens with zero attached hydrogens (tertiary/aromatic N) is 1. The number of nitrogens with one attached hydrogen (secondary N) is 1. The molecular weight excluding hydrogens is 312 g/mol. The van der Waals surface area contributed by atoms with Crippen molar-refractivity contribution in [1.82, 2.24) is 9.88 Å². The van der Waals surface area contributed by atoms with Gasteiger partial charge in [-0.3, -0.25) is 9.59 Å². The highest BCUT2D eigenvalue weighted by Crippen LogP contribution is 2.29. The van der Waals surface area contributed by atoms with Crippen molar-refractivity contribution in [3.05, 3.63) is 48.2 Å². The summed E-state index contributed by atoms with van der Waals surface area (Å²) in [6.07, 6.45) is 11.2. The molecule has 132 valence electrons. The van der Waals surface area contributed by atoms with Crippen LogP contribution in [0.25, 0.3) is 10.9 Å². The van der Waals surface area contributed by atoms with Crippen LogP contribution in [0, 0.1) is 0 Å². The molecule has 1 amide bonds. The van der Waals surface area contributed by atoms with Crippen molar-refractivity contribution >= 4 is 22.6 Å². The lowest BCUT2D eigenvalue weighted by molar-refractivity contribution is -0.117. The number of amides is 1. The predicted molar refractivity (Wildman–Crippen MR) is 101 cm³/mol. The summed E-state index contributed by atoms with van der Waals surface area (Å²) in [5.74, 6) is -0.913. The van der Waals surface area contributed by atoms with Crippen LogP contribution < -0.4 is 5.32 Å². The Labute approximate surface area is 148 Å². The quantitative estimate of drug-likeness (QED) is 0.325. The molecule has 0 saturated heterocycles. The number of aromatic nitrogens is 1. The Bertz CT molecular complexity index is 789. The molecule has 0 fully saturated rings. The highest BCUT2D eigenvalue weighted by Gasteiger charge is 2.23. The first-order valence-electron chi connectivity index (χ1n) is 9.26. The van der Waals surface area contributed by atoms with Crippen LogP contribution >= 0.6 is 0 Å². The molecule has 1 aliphatic heterocycles. The number of Topliss-reactive ketones (excluding diaryl/α,β-unsaturated/α-hetero) is 1. The number of para-hydroxylation sites is 1. The molecule has 1 aromatic heterocycles. The molecule has 1 aliphatic rings. The van der Waals surface area contributed by atoms with Gasteiger partial charge in [-0.05, 0) is 37.7 Å². The van der Waals surface area contributed by atoms with E-state index in [0.717, 1.165) is 62.4 Å². The van der Waals surface area contributed by atoms with Gasteiger partial charge >= 0.3 is 0 Å². The Morgan fingerprint density at radius 1 is 1.20 bits per heavy atom. The van der Waals surface area contributed by atoms with Gasteiger partial charge in [0.15, 0.2) is 0 Å². The zero-order chi connectivity index (χ0) is 17.6. The van der Waals surface area contributed by atoms with Crippen molar-refractivity contribution < 1.29 is 9.59 Å². The zero-order valence-electron chi connectivity index (χ0n) is 14.7. The summed E-state index contributed by atoms with van der Waals surface area (Å²) >= 11 is 0. The molecule has 4 nitrogen and oxygen atoms in total. The van der Waals surface area contributed by atoms with Gasteiger partial charge in [0.25, 0.3) is 11.7 Å². The zero-order valence-corrected chi connectivity index (χ0v) is 14.7. The van der Waals surface area contributed by atoms with Crippen molar-refractivity contribution in [2.45, 2.75) is 51.5 Å². The molecule has 0 radical (unpaired) electrons. The number of unbranched alkanes of at least 4 members (excludes halogenated alkanes) is 4. The summed E-state index contributed by atoms with van der Waals surface area (Å²) in [6.45, 7) is 5.18. The van der Waals surface area contributed by atoms with E-state index in [1.807, 2.05) is 24.4 Å². The summed E-state index contributed by atoms with van der Waals surface area (Å²) in [7, 11) is 0. The lowest BCUT2D eigenvalue weighted by Crippen LogP contribution is -2.31. The molecule has 0 atom stereocenters. The molecule has 0 spiro atoms. The average molecular weight is 338 g/mol. The molecular formula is C21H26N2O2. The van der Waals surface area contributed by atoms with E-state index in [9.17, 15) is 9.59 Å². The first-order chi connectivity index (χ1) is 12.2. The molecule has 2 heterocycles. The lowest BCUT2D eigenvalue weighted by Gasteiger charge is -2.14. The molecule has 0 saturated carbocycles. The number of benzene rings is 1. The van der Waals surface area contributed by atoms with Gasteiger partial charge in [0.05, 0.1) is 11.1 Å².